The Kier molecular flexibility index (Phi) is 79.6. The molecule has 24 heteroatoms. The van der Waals surface area contributed by atoms with Crippen LogP contribution in [0.2, 0.25) is 0 Å². The van der Waals surface area contributed by atoms with Gasteiger partial charge in [-0.15, -0.1) is 0 Å². The minimum Gasteiger partial charge on any atom is -0.462 e. The Labute approximate surface area is 666 Å². The van der Waals surface area contributed by atoms with E-state index < -0.39 is 64.9 Å². The lowest BCUT2D eigenvalue weighted by Gasteiger charge is -2.20. The SMILES string of the molecule is CCCCCCCCCCCCCCCCCC(=O)OC[C@H](COP(=O)(O)OCCNC(=O)CCSSCCC(=O)NCCOP(=O)(O)OC[C@@H](COC(=O)CCCCCCCCCCCCCCCCC)OC(=O)CCCCCCCCCCCCCCC)OC(=O)CCCCCCCCCCCCCCC. The summed E-state index contributed by atoms with van der Waals surface area (Å²) < 4.78 is 68.7. The van der Waals surface area contributed by atoms with Crippen LogP contribution >= 0.6 is 37.2 Å². The van der Waals surface area contributed by atoms with E-state index in [1.54, 1.807) is 0 Å². The van der Waals surface area contributed by atoms with Crippen LogP contribution < -0.4 is 10.6 Å². The van der Waals surface area contributed by atoms with Crippen molar-refractivity contribution < 1.29 is 84.7 Å². The molecule has 638 valence electrons. The monoisotopic (exact) mass is 1610 g/mol. The van der Waals surface area contributed by atoms with Crippen molar-refractivity contribution in [3.63, 3.8) is 0 Å². The van der Waals surface area contributed by atoms with Gasteiger partial charge in [0.05, 0.1) is 26.4 Å². The first-order chi connectivity index (χ1) is 52.6. The van der Waals surface area contributed by atoms with Gasteiger partial charge in [0.1, 0.15) is 13.2 Å². The molecule has 0 fully saturated rings. The van der Waals surface area contributed by atoms with Crippen LogP contribution in [0.5, 0.6) is 0 Å². The highest BCUT2D eigenvalue weighted by atomic mass is 33.1. The fraction of sp³-hybridized carbons (Fsp3) is 0.929. The first-order valence-electron chi connectivity index (χ1n) is 44.3. The van der Waals surface area contributed by atoms with Crippen LogP contribution in [0.1, 0.15) is 426 Å². The van der Waals surface area contributed by atoms with E-state index in [2.05, 4.69) is 38.3 Å². The van der Waals surface area contributed by atoms with Crippen LogP contribution in [0.25, 0.3) is 0 Å². The topological polar surface area (TPSA) is 275 Å². The number of phosphoric acid groups is 2. The summed E-state index contributed by atoms with van der Waals surface area (Å²) in [5.41, 5.74) is 0. The highest BCUT2D eigenvalue weighted by molar-refractivity contribution is 8.76. The van der Waals surface area contributed by atoms with Gasteiger partial charge in [0.15, 0.2) is 12.2 Å². The Morgan fingerprint density at radius 1 is 0.278 bits per heavy atom. The molecule has 0 aliphatic carbocycles. The lowest BCUT2D eigenvalue weighted by Crippen LogP contribution is -2.30. The second-order valence-electron chi connectivity index (χ2n) is 30.0. The van der Waals surface area contributed by atoms with Crippen LogP contribution in [0.4, 0.5) is 0 Å². The predicted octanol–water partition coefficient (Wildman–Crippen LogP) is 24.0. The van der Waals surface area contributed by atoms with Crippen LogP contribution in [-0.2, 0) is 74.9 Å². The van der Waals surface area contributed by atoms with Gasteiger partial charge in [-0.2, -0.15) is 0 Å². The van der Waals surface area contributed by atoms with E-state index in [0.29, 0.717) is 37.2 Å². The molecule has 2 unspecified atom stereocenters. The average Bonchev–Trinajstić information content (AvgIpc) is 0.914. The zero-order valence-electron chi connectivity index (χ0n) is 69.2. The van der Waals surface area contributed by atoms with Crippen molar-refractivity contribution in [3.8, 4) is 0 Å². The molecule has 0 rings (SSSR count). The van der Waals surface area contributed by atoms with Crippen molar-refractivity contribution in [2.45, 2.75) is 438 Å². The van der Waals surface area contributed by atoms with E-state index in [1.807, 2.05) is 0 Å². The molecular formula is C84H162N2O18P2S2. The number of unbranched alkanes of at least 4 members (excludes halogenated alkanes) is 52. The first kappa shape index (κ1) is 106. The summed E-state index contributed by atoms with van der Waals surface area (Å²) in [6.45, 7) is 6.32. The summed E-state index contributed by atoms with van der Waals surface area (Å²) >= 11 is 0. The third-order valence-corrected chi connectivity index (χ3v) is 23.9. The Morgan fingerprint density at radius 2 is 0.481 bits per heavy atom. The molecular weight excluding hydrogens is 1450 g/mol. The summed E-state index contributed by atoms with van der Waals surface area (Å²) in [6, 6.07) is 0. The van der Waals surface area contributed by atoms with Crippen molar-refractivity contribution in [2.75, 3.05) is 64.2 Å². The van der Waals surface area contributed by atoms with Gasteiger partial charge in [-0.05, 0) is 25.7 Å². The quantitative estimate of drug-likeness (QED) is 0.0145. The molecule has 4 atom stereocenters. The van der Waals surface area contributed by atoms with Crippen molar-refractivity contribution >= 4 is 72.9 Å². The number of esters is 4. The van der Waals surface area contributed by atoms with Crippen LogP contribution in [-0.4, -0.2) is 122 Å². The summed E-state index contributed by atoms with van der Waals surface area (Å²) in [6.07, 6.45) is 65.4. The molecule has 20 nitrogen and oxygen atoms in total. The largest absolute Gasteiger partial charge is 0.472 e. The number of phosphoric ester groups is 2. The number of carbonyl (C=O) groups is 6. The number of rotatable bonds is 87. The molecule has 0 radical (unpaired) electrons. The molecule has 0 aromatic carbocycles. The lowest BCUT2D eigenvalue weighted by molar-refractivity contribution is -0.161. The van der Waals surface area contributed by atoms with Gasteiger partial charge in [0.2, 0.25) is 11.8 Å². The van der Waals surface area contributed by atoms with Crippen molar-refractivity contribution in [2.24, 2.45) is 0 Å². The van der Waals surface area contributed by atoms with Gasteiger partial charge in [0.25, 0.3) is 0 Å². The van der Waals surface area contributed by atoms with E-state index in [0.717, 1.165) is 77.0 Å². The van der Waals surface area contributed by atoms with Gasteiger partial charge in [0, 0.05) is 63.1 Å². The highest BCUT2D eigenvalue weighted by Crippen LogP contribution is 2.44. The number of amides is 2. The van der Waals surface area contributed by atoms with E-state index in [-0.39, 0.29) is 89.9 Å². The van der Waals surface area contributed by atoms with E-state index in [4.69, 9.17) is 37.0 Å². The minimum absolute atomic E-state index is 0.0902. The van der Waals surface area contributed by atoms with Gasteiger partial charge >= 0.3 is 39.5 Å². The Morgan fingerprint density at radius 3 is 0.704 bits per heavy atom. The second kappa shape index (κ2) is 81.3. The average molecular weight is 1610 g/mol. The maximum atomic E-state index is 13.0. The molecule has 0 aromatic heterocycles. The summed E-state index contributed by atoms with van der Waals surface area (Å²) in [7, 11) is -6.59. The highest BCUT2D eigenvalue weighted by Gasteiger charge is 2.28. The molecule has 0 saturated heterocycles. The molecule has 0 saturated carbocycles. The smallest absolute Gasteiger partial charge is 0.462 e. The maximum absolute atomic E-state index is 13.0. The third kappa shape index (κ3) is 80.4. The van der Waals surface area contributed by atoms with Gasteiger partial charge < -0.3 is 39.4 Å². The van der Waals surface area contributed by atoms with Crippen LogP contribution in [0.3, 0.4) is 0 Å². The fourth-order valence-corrected chi connectivity index (χ4v) is 16.3. The molecule has 0 aromatic rings. The number of hydrogen-bond donors (Lipinski definition) is 4. The number of ether oxygens (including phenoxy) is 4. The van der Waals surface area contributed by atoms with E-state index in [9.17, 15) is 47.7 Å². The minimum atomic E-state index is -4.67. The van der Waals surface area contributed by atoms with Gasteiger partial charge in [-0.3, -0.25) is 46.9 Å². The van der Waals surface area contributed by atoms with Crippen LogP contribution in [0, 0.1) is 0 Å². The standard InChI is InChI=1S/C84H162N2O18P2S2/c1-5-9-13-17-21-25-29-33-35-39-41-45-49-53-57-61-81(89)97-73-77(103-83(91)63-59-55-51-47-43-37-31-27-23-19-15-11-7-3)75-101-105(93,94)99-69-67-85-79(87)65-71-107-108-72-66-80(88)86-68-70-100-106(95,96)102-76-78(104-84(92)64-60-56-52-48-44-38-32-28-24-20-16-12-8-4)74-98-82(90)62-58-54-50-46-42-40-36-34-30-26-22-18-14-10-6-2/h77-78H,5-76H2,1-4H3,(H,85,87)(H,86,88)(H,93,94)(H,95,96)/t77-,78-/m1/s1. The number of hydrogen-bond acceptors (Lipinski definition) is 18. The second-order valence-corrected chi connectivity index (χ2v) is 35.6. The fourth-order valence-electron chi connectivity index (χ4n) is 12.8. The molecule has 0 spiro atoms. The van der Waals surface area contributed by atoms with Crippen molar-refractivity contribution in [1.29, 1.82) is 0 Å². The zero-order valence-corrected chi connectivity index (χ0v) is 72.6. The molecule has 2 amide bonds. The Hall–Kier alpha value is -2.26. The Balaban J connectivity index is 4.82. The van der Waals surface area contributed by atoms with Gasteiger partial charge in [-0.25, -0.2) is 9.13 Å². The first-order valence-corrected chi connectivity index (χ1v) is 49.8. The molecule has 0 heterocycles. The maximum Gasteiger partial charge on any atom is 0.472 e. The number of nitrogens with one attached hydrogen (secondary N) is 2. The normalized spacial score (nSPS) is 13.2. The molecule has 108 heavy (non-hydrogen) atoms. The lowest BCUT2D eigenvalue weighted by atomic mass is 10.0. The van der Waals surface area contributed by atoms with Gasteiger partial charge in [-0.1, -0.05) is 383 Å². The molecule has 0 aliphatic heterocycles. The molecule has 4 N–H and O–H groups in total. The molecule has 0 aliphatic rings. The van der Waals surface area contributed by atoms with Crippen molar-refractivity contribution in [1.82, 2.24) is 10.6 Å². The number of carbonyl (C=O) groups excluding carboxylic acids is 6. The summed E-state index contributed by atoms with van der Waals surface area (Å²) in [5, 5.41) is 5.27. The zero-order chi connectivity index (χ0) is 79.0. The third-order valence-electron chi connectivity index (χ3n) is 19.5. The van der Waals surface area contributed by atoms with Crippen LogP contribution in [0.15, 0.2) is 0 Å². The van der Waals surface area contributed by atoms with E-state index in [1.165, 1.54) is 278 Å². The van der Waals surface area contributed by atoms with Crippen molar-refractivity contribution in [3.05, 3.63) is 0 Å². The summed E-state index contributed by atoms with van der Waals surface area (Å²) in [5.74, 6) is -1.74. The predicted molar refractivity (Wildman–Crippen MR) is 445 cm³/mol. The Bertz CT molecular complexity index is 2030. The molecule has 0 bridgehead atoms. The summed E-state index contributed by atoms with van der Waals surface area (Å²) in [4.78, 5) is 97.6. The van der Waals surface area contributed by atoms with E-state index >= 15 is 0 Å².